The van der Waals surface area contributed by atoms with Crippen molar-refractivity contribution in [3.8, 4) is 11.1 Å². The third-order valence-corrected chi connectivity index (χ3v) is 3.68. The van der Waals surface area contributed by atoms with Gasteiger partial charge < -0.3 is 9.57 Å². The number of ether oxygens (including phenoxy) is 1. The van der Waals surface area contributed by atoms with E-state index in [1.165, 1.54) is 25.0 Å². The zero-order valence-electron chi connectivity index (χ0n) is 12.8. The maximum Gasteiger partial charge on any atom is 0.337 e. The van der Waals surface area contributed by atoms with Gasteiger partial charge in [-0.2, -0.15) is 0 Å². The molecule has 0 fully saturated rings. The first-order chi connectivity index (χ1) is 11.2. The van der Waals surface area contributed by atoms with Crippen molar-refractivity contribution in [2.75, 3.05) is 14.2 Å². The molecule has 0 saturated heterocycles. The molecular formula is C18H15NO4. The number of benzene rings is 2. The number of hydrogen-bond acceptors (Lipinski definition) is 4. The summed E-state index contributed by atoms with van der Waals surface area (Å²) in [5.41, 5.74) is 2.53. The quantitative estimate of drug-likeness (QED) is 0.698. The molecule has 3 aromatic rings. The standard InChI is InChI=1S/C18H15NO4/c1-22-18(21)13-9-7-12(8-10-13)15-11-17(20)19(23-2)16-6-4-3-5-14(15)16/h3-11H,1-2H3. The molecule has 0 saturated carbocycles. The van der Waals surface area contributed by atoms with Gasteiger partial charge in [0.2, 0.25) is 0 Å². The van der Waals surface area contributed by atoms with E-state index in [1.54, 1.807) is 24.3 Å². The van der Waals surface area contributed by atoms with Crippen LogP contribution in [-0.2, 0) is 4.74 Å². The normalized spacial score (nSPS) is 10.5. The van der Waals surface area contributed by atoms with Crippen molar-refractivity contribution in [1.29, 1.82) is 0 Å². The second-order valence-electron chi connectivity index (χ2n) is 4.96. The minimum Gasteiger partial charge on any atom is -0.465 e. The molecule has 23 heavy (non-hydrogen) atoms. The lowest BCUT2D eigenvalue weighted by Gasteiger charge is -2.12. The molecule has 0 spiro atoms. The maximum absolute atomic E-state index is 12.2. The van der Waals surface area contributed by atoms with E-state index in [0.29, 0.717) is 11.1 Å². The SMILES string of the molecule is COC(=O)c1ccc(-c2cc(=O)n(OC)c3ccccc23)cc1. The molecule has 2 aromatic carbocycles. The number of methoxy groups -OCH3 is 1. The summed E-state index contributed by atoms with van der Waals surface area (Å²) in [4.78, 5) is 28.9. The number of carbonyl (C=O) groups is 1. The third-order valence-electron chi connectivity index (χ3n) is 3.68. The molecule has 1 aromatic heterocycles. The van der Waals surface area contributed by atoms with Gasteiger partial charge in [-0.3, -0.25) is 4.79 Å². The van der Waals surface area contributed by atoms with E-state index < -0.39 is 5.97 Å². The van der Waals surface area contributed by atoms with Gasteiger partial charge in [-0.25, -0.2) is 4.79 Å². The van der Waals surface area contributed by atoms with Crippen LogP contribution < -0.4 is 10.4 Å². The largest absolute Gasteiger partial charge is 0.465 e. The van der Waals surface area contributed by atoms with Crippen LogP contribution in [0.1, 0.15) is 10.4 Å². The Morgan fingerprint density at radius 2 is 1.70 bits per heavy atom. The summed E-state index contributed by atoms with van der Waals surface area (Å²) < 4.78 is 5.94. The van der Waals surface area contributed by atoms with E-state index in [4.69, 9.17) is 9.57 Å². The van der Waals surface area contributed by atoms with Crippen molar-refractivity contribution >= 4 is 16.9 Å². The first-order valence-electron chi connectivity index (χ1n) is 7.03. The third kappa shape index (κ3) is 2.57. The fourth-order valence-corrected chi connectivity index (χ4v) is 2.59. The van der Waals surface area contributed by atoms with Gasteiger partial charge in [-0.1, -0.05) is 30.3 Å². The number of pyridine rings is 1. The van der Waals surface area contributed by atoms with Crippen molar-refractivity contribution in [3.63, 3.8) is 0 Å². The zero-order valence-corrected chi connectivity index (χ0v) is 12.8. The van der Waals surface area contributed by atoms with Gasteiger partial charge >= 0.3 is 5.97 Å². The predicted octanol–water partition coefficient (Wildman–Crippen LogP) is 2.51. The Labute approximate surface area is 132 Å². The lowest BCUT2D eigenvalue weighted by Crippen LogP contribution is -2.24. The number of hydrogen-bond donors (Lipinski definition) is 0. The van der Waals surface area contributed by atoms with E-state index in [1.807, 2.05) is 24.3 Å². The highest BCUT2D eigenvalue weighted by Gasteiger charge is 2.11. The van der Waals surface area contributed by atoms with E-state index in [-0.39, 0.29) is 5.56 Å². The van der Waals surface area contributed by atoms with E-state index in [2.05, 4.69) is 0 Å². The first-order valence-corrected chi connectivity index (χ1v) is 7.03. The van der Waals surface area contributed by atoms with Crippen LogP contribution in [0, 0.1) is 0 Å². The van der Waals surface area contributed by atoms with Gasteiger partial charge in [0, 0.05) is 11.5 Å². The Hall–Kier alpha value is -3.08. The van der Waals surface area contributed by atoms with Crippen molar-refractivity contribution in [2.24, 2.45) is 0 Å². The highest BCUT2D eigenvalue weighted by atomic mass is 16.6. The molecule has 0 bridgehead atoms. The van der Waals surface area contributed by atoms with Crippen LogP contribution in [0.5, 0.6) is 0 Å². The van der Waals surface area contributed by atoms with Crippen LogP contribution in [0.15, 0.2) is 59.4 Å². The second-order valence-corrected chi connectivity index (χ2v) is 4.96. The van der Waals surface area contributed by atoms with Crippen molar-refractivity contribution in [1.82, 2.24) is 4.73 Å². The summed E-state index contributed by atoms with van der Waals surface area (Å²) in [6.45, 7) is 0. The van der Waals surface area contributed by atoms with Crippen LogP contribution in [-0.4, -0.2) is 24.9 Å². The molecule has 3 rings (SSSR count). The molecule has 0 aliphatic rings. The van der Waals surface area contributed by atoms with Gasteiger partial charge in [0.1, 0.15) is 7.11 Å². The number of fused-ring (bicyclic) bond motifs is 1. The number of esters is 1. The number of carbonyl (C=O) groups excluding carboxylic acids is 1. The minimum atomic E-state index is -0.392. The van der Waals surface area contributed by atoms with Crippen molar-refractivity contribution in [3.05, 3.63) is 70.5 Å². The molecule has 5 nitrogen and oxygen atoms in total. The average Bonchev–Trinajstić information content (AvgIpc) is 2.60. The van der Waals surface area contributed by atoms with Crippen LogP contribution in [0.25, 0.3) is 22.0 Å². The molecule has 0 radical (unpaired) electrons. The first kappa shape index (κ1) is 14.8. The molecular weight excluding hydrogens is 294 g/mol. The van der Waals surface area contributed by atoms with E-state index in [0.717, 1.165) is 16.5 Å². The lowest BCUT2D eigenvalue weighted by atomic mass is 10.00. The fraction of sp³-hybridized carbons (Fsp3) is 0.111. The molecule has 0 aliphatic carbocycles. The van der Waals surface area contributed by atoms with Gasteiger partial charge in [0.15, 0.2) is 0 Å². The number of rotatable bonds is 3. The summed E-state index contributed by atoms with van der Waals surface area (Å²) in [6, 6.07) is 16.0. The summed E-state index contributed by atoms with van der Waals surface area (Å²) in [5, 5.41) is 0.889. The molecule has 0 aliphatic heterocycles. The lowest BCUT2D eigenvalue weighted by molar-refractivity contribution is 0.0601. The van der Waals surface area contributed by atoms with Crippen LogP contribution >= 0.6 is 0 Å². The molecule has 0 unspecified atom stereocenters. The molecule has 5 heteroatoms. The highest BCUT2D eigenvalue weighted by Crippen LogP contribution is 2.27. The summed E-state index contributed by atoms with van der Waals surface area (Å²) >= 11 is 0. The smallest absolute Gasteiger partial charge is 0.337 e. The molecule has 0 amide bonds. The number of para-hydroxylation sites is 1. The number of aromatic nitrogens is 1. The Kier molecular flexibility index (Phi) is 3.85. The Morgan fingerprint density at radius 1 is 1.00 bits per heavy atom. The topological polar surface area (TPSA) is 57.5 Å². The van der Waals surface area contributed by atoms with E-state index in [9.17, 15) is 9.59 Å². The Balaban J connectivity index is 2.21. The second kappa shape index (κ2) is 5.96. The molecule has 0 atom stereocenters. The van der Waals surface area contributed by atoms with Crippen LogP contribution in [0.4, 0.5) is 0 Å². The number of nitrogens with zero attached hydrogens (tertiary/aromatic N) is 1. The van der Waals surface area contributed by atoms with Crippen LogP contribution in [0.3, 0.4) is 0 Å². The molecule has 1 heterocycles. The Bertz CT molecular complexity index is 926. The average molecular weight is 309 g/mol. The summed E-state index contributed by atoms with van der Waals surface area (Å²) in [6.07, 6.45) is 0. The van der Waals surface area contributed by atoms with Gasteiger partial charge in [0.25, 0.3) is 5.56 Å². The summed E-state index contributed by atoms with van der Waals surface area (Å²) in [5.74, 6) is -0.392. The van der Waals surface area contributed by atoms with Crippen molar-refractivity contribution < 1.29 is 14.4 Å². The molecule has 0 N–H and O–H groups in total. The maximum atomic E-state index is 12.2. The van der Waals surface area contributed by atoms with Gasteiger partial charge in [-0.15, -0.1) is 4.73 Å². The highest BCUT2D eigenvalue weighted by molar-refractivity contribution is 5.95. The molecule has 116 valence electrons. The monoisotopic (exact) mass is 309 g/mol. The van der Waals surface area contributed by atoms with E-state index >= 15 is 0 Å². The van der Waals surface area contributed by atoms with Crippen LogP contribution in [0.2, 0.25) is 0 Å². The zero-order chi connectivity index (χ0) is 16.4. The van der Waals surface area contributed by atoms with Gasteiger partial charge in [-0.05, 0) is 29.3 Å². The minimum absolute atomic E-state index is 0.252. The Morgan fingerprint density at radius 3 is 2.35 bits per heavy atom. The summed E-state index contributed by atoms with van der Waals surface area (Å²) in [7, 11) is 2.80. The fourth-order valence-electron chi connectivity index (χ4n) is 2.59. The predicted molar refractivity (Wildman–Crippen MR) is 87.5 cm³/mol. The van der Waals surface area contributed by atoms with Gasteiger partial charge in [0.05, 0.1) is 18.2 Å². The van der Waals surface area contributed by atoms with Crippen molar-refractivity contribution in [2.45, 2.75) is 0 Å².